The summed E-state index contributed by atoms with van der Waals surface area (Å²) in [7, 11) is 0. The molecular formula is C14H19BrN2O. The molecule has 0 saturated carbocycles. The second-order valence-electron chi connectivity index (χ2n) is 4.86. The largest absolute Gasteiger partial charge is 0.337 e. The van der Waals surface area contributed by atoms with Gasteiger partial charge >= 0.3 is 0 Å². The molecule has 0 N–H and O–H groups in total. The van der Waals surface area contributed by atoms with Gasteiger partial charge < -0.3 is 4.90 Å². The van der Waals surface area contributed by atoms with Gasteiger partial charge in [-0.15, -0.1) is 0 Å². The highest BCUT2D eigenvalue weighted by molar-refractivity contribution is 9.10. The van der Waals surface area contributed by atoms with Crippen LogP contribution >= 0.6 is 15.9 Å². The number of halogens is 1. The quantitative estimate of drug-likeness (QED) is 0.856. The Balaban J connectivity index is 1.98. The summed E-state index contributed by atoms with van der Waals surface area (Å²) in [6.45, 7) is 3.96. The fourth-order valence-electron chi connectivity index (χ4n) is 2.53. The maximum atomic E-state index is 12.3. The molecule has 0 unspecified atom stereocenters. The van der Waals surface area contributed by atoms with Crippen LogP contribution in [0.3, 0.4) is 0 Å². The van der Waals surface area contributed by atoms with Gasteiger partial charge in [0.1, 0.15) is 5.69 Å². The molecule has 0 bridgehead atoms. The average Bonchev–Trinajstić information content (AvgIpc) is 2.40. The molecule has 1 aromatic heterocycles. The van der Waals surface area contributed by atoms with Crippen molar-refractivity contribution in [2.45, 2.75) is 32.6 Å². The maximum Gasteiger partial charge on any atom is 0.273 e. The van der Waals surface area contributed by atoms with E-state index in [2.05, 4.69) is 27.8 Å². The molecule has 0 atom stereocenters. The van der Waals surface area contributed by atoms with Crippen molar-refractivity contribution in [1.29, 1.82) is 0 Å². The van der Waals surface area contributed by atoms with E-state index in [0.717, 1.165) is 36.3 Å². The molecule has 1 aliphatic heterocycles. The van der Waals surface area contributed by atoms with Gasteiger partial charge in [-0.05, 0) is 46.8 Å². The Morgan fingerprint density at radius 3 is 2.83 bits per heavy atom. The molecule has 1 aliphatic rings. The first-order chi connectivity index (χ1) is 8.72. The van der Waals surface area contributed by atoms with Gasteiger partial charge in [0.2, 0.25) is 0 Å². The molecular weight excluding hydrogens is 292 g/mol. The molecule has 0 radical (unpaired) electrons. The van der Waals surface area contributed by atoms with Crippen LogP contribution in [0.2, 0.25) is 0 Å². The molecule has 0 aromatic carbocycles. The molecule has 1 fully saturated rings. The summed E-state index contributed by atoms with van der Waals surface area (Å²) in [6.07, 6.45) is 6.45. The van der Waals surface area contributed by atoms with E-state index >= 15 is 0 Å². The van der Waals surface area contributed by atoms with E-state index in [-0.39, 0.29) is 5.91 Å². The second-order valence-corrected chi connectivity index (χ2v) is 5.71. The van der Waals surface area contributed by atoms with Crippen molar-refractivity contribution in [2.24, 2.45) is 5.92 Å². The van der Waals surface area contributed by atoms with Gasteiger partial charge in [-0.2, -0.15) is 0 Å². The zero-order valence-electron chi connectivity index (χ0n) is 10.7. The molecule has 0 spiro atoms. The van der Waals surface area contributed by atoms with Gasteiger partial charge in [0.05, 0.1) is 0 Å². The lowest BCUT2D eigenvalue weighted by Gasteiger charge is -2.31. The highest BCUT2D eigenvalue weighted by atomic mass is 79.9. The van der Waals surface area contributed by atoms with Gasteiger partial charge in [-0.25, -0.2) is 4.98 Å². The Labute approximate surface area is 117 Å². The molecule has 1 saturated heterocycles. The van der Waals surface area contributed by atoms with Crippen molar-refractivity contribution in [3.63, 3.8) is 0 Å². The third-order valence-corrected chi connectivity index (χ3v) is 4.20. The number of pyridine rings is 1. The lowest BCUT2D eigenvalue weighted by atomic mass is 9.92. The summed E-state index contributed by atoms with van der Waals surface area (Å²) in [5, 5.41) is 0. The van der Waals surface area contributed by atoms with Crippen molar-refractivity contribution in [3.05, 3.63) is 28.5 Å². The number of carbonyl (C=O) groups is 1. The minimum Gasteiger partial charge on any atom is -0.337 e. The van der Waals surface area contributed by atoms with Crippen molar-refractivity contribution in [1.82, 2.24) is 9.88 Å². The molecule has 0 aliphatic carbocycles. The van der Waals surface area contributed by atoms with E-state index in [1.54, 1.807) is 6.20 Å². The molecule has 2 heterocycles. The van der Waals surface area contributed by atoms with Crippen LogP contribution in [0, 0.1) is 5.92 Å². The predicted octanol–water partition coefficient (Wildman–Crippen LogP) is 3.50. The zero-order valence-corrected chi connectivity index (χ0v) is 12.3. The van der Waals surface area contributed by atoms with Crippen molar-refractivity contribution in [3.8, 4) is 0 Å². The SMILES string of the molecule is CCCC1CCN(C(=O)c2ncccc2Br)CC1. The fourth-order valence-corrected chi connectivity index (χ4v) is 2.95. The predicted molar refractivity (Wildman–Crippen MR) is 75.5 cm³/mol. The lowest BCUT2D eigenvalue weighted by Crippen LogP contribution is -2.39. The molecule has 98 valence electrons. The normalized spacial score (nSPS) is 16.9. The molecule has 1 amide bonds. The van der Waals surface area contributed by atoms with Crippen molar-refractivity contribution in [2.75, 3.05) is 13.1 Å². The summed E-state index contributed by atoms with van der Waals surface area (Å²) >= 11 is 3.39. The number of aromatic nitrogens is 1. The third kappa shape index (κ3) is 3.10. The van der Waals surface area contributed by atoms with Gasteiger partial charge in [0.25, 0.3) is 5.91 Å². The minimum atomic E-state index is 0.0532. The summed E-state index contributed by atoms with van der Waals surface area (Å²) in [6, 6.07) is 3.69. The monoisotopic (exact) mass is 310 g/mol. The maximum absolute atomic E-state index is 12.3. The van der Waals surface area contributed by atoms with E-state index in [9.17, 15) is 4.79 Å². The van der Waals surface area contributed by atoms with Gasteiger partial charge in [0, 0.05) is 23.8 Å². The summed E-state index contributed by atoms with van der Waals surface area (Å²) in [5.74, 6) is 0.851. The number of amides is 1. The zero-order chi connectivity index (χ0) is 13.0. The van der Waals surface area contributed by atoms with E-state index in [0.29, 0.717) is 5.69 Å². The minimum absolute atomic E-state index is 0.0532. The highest BCUT2D eigenvalue weighted by Gasteiger charge is 2.24. The number of hydrogen-bond donors (Lipinski definition) is 0. The van der Waals surface area contributed by atoms with Gasteiger partial charge in [0.15, 0.2) is 0 Å². The van der Waals surface area contributed by atoms with Crippen LogP contribution in [0.15, 0.2) is 22.8 Å². The number of likely N-dealkylation sites (tertiary alicyclic amines) is 1. The molecule has 18 heavy (non-hydrogen) atoms. The number of hydrogen-bond acceptors (Lipinski definition) is 2. The average molecular weight is 311 g/mol. The molecule has 4 heteroatoms. The van der Waals surface area contributed by atoms with E-state index in [1.807, 2.05) is 17.0 Å². The van der Waals surface area contributed by atoms with Crippen LogP contribution in [0.4, 0.5) is 0 Å². The van der Waals surface area contributed by atoms with Crippen LogP contribution < -0.4 is 0 Å². The Bertz CT molecular complexity index is 414. The fraction of sp³-hybridized carbons (Fsp3) is 0.571. The summed E-state index contributed by atoms with van der Waals surface area (Å²) < 4.78 is 0.783. The number of carbonyl (C=O) groups excluding carboxylic acids is 1. The standard InChI is InChI=1S/C14H19BrN2O/c1-2-4-11-6-9-17(10-7-11)14(18)13-12(15)5-3-8-16-13/h3,5,8,11H,2,4,6-7,9-10H2,1H3. The van der Waals surface area contributed by atoms with E-state index in [4.69, 9.17) is 0 Å². The Hall–Kier alpha value is -0.900. The molecule has 3 nitrogen and oxygen atoms in total. The van der Waals surface area contributed by atoms with E-state index in [1.165, 1.54) is 12.8 Å². The van der Waals surface area contributed by atoms with Crippen LogP contribution in [0.1, 0.15) is 43.1 Å². The number of rotatable bonds is 3. The van der Waals surface area contributed by atoms with Crippen LogP contribution in [-0.4, -0.2) is 28.9 Å². The van der Waals surface area contributed by atoms with Crippen LogP contribution in [-0.2, 0) is 0 Å². The van der Waals surface area contributed by atoms with E-state index < -0.39 is 0 Å². The molecule has 2 rings (SSSR count). The Morgan fingerprint density at radius 2 is 2.22 bits per heavy atom. The first kappa shape index (κ1) is 13.5. The number of nitrogens with zero attached hydrogens (tertiary/aromatic N) is 2. The number of piperidine rings is 1. The molecule has 1 aromatic rings. The topological polar surface area (TPSA) is 33.2 Å². The van der Waals surface area contributed by atoms with Crippen LogP contribution in [0.5, 0.6) is 0 Å². The van der Waals surface area contributed by atoms with Crippen LogP contribution in [0.25, 0.3) is 0 Å². The first-order valence-electron chi connectivity index (χ1n) is 6.62. The smallest absolute Gasteiger partial charge is 0.273 e. The Morgan fingerprint density at radius 1 is 1.50 bits per heavy atom. The van der Waals surface area contributed by atoms with Gasteiger partial charge in [-0.1, -0.05) is 19.8 Å². The summed E-state index contributed by atoms with van der Waals surface area (Å²) in [5.41, 5.74) is 0.534. The highest BCUT2D eigenvalue weighted by Crippen LogP contribution is 2.24. The first-order valence-corrected chi connectivity index (χ1v) is 7.41. The van der Waals surface area contributed by atoms with Crippen molar-refractivity contribution < 1.29 is 4.79 Å². The third-order valence-electron chi connectivity index (χ3n) is 3.56. The second kappa shape index (κ2) is 6.32. The Kier molecular flexibility index (Phi) is 4.75. The summed E-state index contributed by atoms with van der Waals surface area (Å²) in [4.78, 5) is 18.4. The lowest BCUT2D eigenvalue weighted by molar-refractivity contribution is 0.0679. The van der Waals surface area contributed by atoms with Crippen molar-refractivity contribution >= 4 is 21.8 Å². The van der Waals surface area contributed by atoms with Gasteiger partial charge in [-0.3, -0.25) is 4.79 Å².